The van der Waals surface area contributed by atoms with Crippen molar-refractivity contribution in [2.24, 2.45) is 0 Å². The molecule has 0 aliphatic rings. The highest BCUT2D eigenvalue weighted by atomic mass is 32.2. The van der Waals surface area contributed by atoms with E-state index in [0.29, 0.717) is 0 Å². The minimum Gasteiger partial charge on any atom is -0.480 e. The summed E-state index contributed by atoms with van der Waals surface area (Å²) in [6.45, 7) is 8.15. The molecule has 0 aliphatic heterocycles. The van der Waals surface area contributed by atoms with Crippen LogP contribution in [0.3, 0.4) is 0 Å². The highest BCUT2D eigenvalue weighted by Gasteiger charge is 2.26. The number of nitrogens with one attached hydrogen (secondary N) is 1. The van der Waals surface area contributed by atoms with Crippen LogP contribution in [-0.4, -0.2) is 46.0 Å². The van der Waals surface area contributed by atoms with Gasteiger partial charge in [0.2, 0.25) is 6.29 Å². The Hall–Kier alpha value is -1.44. The van der Waals surface area contributed by atoms with Crippen LogP contribution in [0.4, 0.5) is 4.79 Å². The summed E-state index contributed by atoms with van der Waals surface area (Å²) in [4.78, 5) is 33.1. The van der Waals surface area contributed by atoms with E-state index in [4.69, 9.17) is 9.84 Å². The van der Waals surface area contributed by atoms with Gasteiger partial charge in [-0.3, -0.25) is 9.59 Å². The molecule has 0 aromatic heterocycles. The highest BCUT2D eigenvalue weighted by Crippen LogP contribution is 2.27. The lowest BCUT2D eigenvalue weighted by Crippen LogP contribution is -2.38. The molecule has 0 aromatic rings. The predicted octanol–water partition coefficient (Wildman–Crippen LogP) is 1.61. The molecular weight excluding hydrogens is 286 g/mol. The molecule has 0 saturated heterocycles. The zero-order chi connectivity index (χ0) is 15.9. The number of aliphatic carboxylic acids is 1. The first-order chi connectivity index (χ1) is 9.01. The van der Waals surface area contributed by atoms with Crippen molar-refractivity contribution in [3.8, 4) is 0 Å². The fourth-order valence-electron chi connectivity index (χ4n) is 1.23. The van der Waals surface area contributed by atoms with Gasteiger partial charge in [-0.15, -0.1) is 11.8 Å². The van der Waals surface area contributed by atoms with Gasteiger partial charge >= 0.3 is 18.0 Å². The van der Waals surface area contributed by atoms with E-state index in [0.717, 1.165) is 0 Å². The van der Waals surface area contributed by atoms with Crippen molar-refractivity contribution in [1.29, 1.82) is 0 Å². The molecule has 0 aromatic carbocycles. The van der Waals surface area contributed by atoms with Crippen LogP contribution >= 0.6 is 11.8 Å². The van der Waals surface area contributed by atoms with E-state index in [-0.39, 0.29) is 11.3 Å². The molecule has 2 N–H and O–H groups in total. The number of carboxylic acids is 1. The summed E-state index contributed by atoms with van der Waals surface area (Å²) in [5.41, 5.74) is 0. The molecule has 7 nitrogen and oxygen atoms in total. The summed E-state index contributed by atoms with van der Waals surface area (Å²) in [6.07, 6.45) is -1.86. The third kappa shape index (κ3) is 9.48. The van der Waals surface area contributed by atoms with Crippen LogP contribution in [0.2, 0.25) is 0 Å². The predicted molar refractivity (Wildman–Crippen MR) is 74.5 cm³/mol. The number of rotatable bonds is 6. The number of thioether (sulfide) groups is 1. The number of alkyl carbamates (subject to hydrolysis) is 1. The van der Waals surface area contributed by atoms with Gasteiger partial charge in [-0.1, -0.05) is 20.8 Å². The zero-order valence-corrected chi connectivity index (χ0v) is 13.1. The Kier molecular flexibility index (Phi) is 7.41. The molecule has 116 valence electrons. The van der Waals surface area contributed by atoms with Crippen molar-refractivity contribution < 1.29 is 29.0 Å². The molecule has 0 fully saturated rings. The molecule has 0 radical (unpaired) electrons. The monoisotopic (exact) mass is 307 g/mol. The van der Waals surface area contributed by atoms with Gasteiger partial charge in [0.15, 0.2) is 0 Å². The van der Waals surface area contributed by atoms with Crippen molar-refractivity contribution in [3.05, 3.63) is 0 Å². The second kappa shape index (κ2) is 7.98. The minimum atomic E-state index is -1.02. The largest absolute Gasteiger partial charge is 0.480 e. The van der Waals surface area contributed by atoms with Crippen LogP contribution in [0.1, 0.15) is 34.6 Å². The van der Waals surface area contributed by atoms with Crippen LogP contribution < -0.4 is 5.32 Å². The molecule has 1 amide bonds. The van der Waals surface area contributed by atoms with E-state index in [1.165, 1.54) is 25.6 Å². The minimum absolute atomic E-state index is 0.0805. The number of carbonyl (C=O) groups is 3. The molecule has 0 saturated carbocycles. The summed E-state index contributed by atoms with van der Waals surface area (Å²) >= 11 is 1.23. The van der Waals surface area contributed by atoms with Crippen molar-refractivity contribution in [2.45, 2.75) is 50.9 Å². The fourth-order valence-corrected chi connectivity index (χ4v) is 2.35. The van der Waals surface area contributed by atoms with Crippen LogP contribution in [0.5, 0.6) is 0 Å². The second-order valence-corrected chi connectivity index (χ2v) is 7.05. The van der Waals surface area contributed by atoms with Crippen molar-refractivity contribution >= 4 is 29.8 Å². The van der Waals surface area contributed by atoms with Crippen molar-refractivity contribution in [1.82, 2.24) is 5.32 Å². The Morgan fingerprint density at radius 1 is 1.25 bits per heavy atom. The van der Waals surface area contributed by atoms with E-state index in [1.54, 1.807) is 0 Å². The molecule has 0 aliphatic carbocycles. The van der Waals surface area contributed by atoms with Crippen LogP contribution in [0.15, 0.2) is 0 Å². The van der Waals surface area contributed by atoms with Crippen LogP contribution in [-0.2, 0) is 19.1 Å². The van der Waals surface area contributed by atoms with E-state index in [9.17, 15) is 14.4 Å². The number of amides is 1. The smallest absolute Gasteiger partial charge is 0.410 e. The first-order valence-corrected chi connectivity index (χ1v) is 6.91. The molecule has 0 unspecified atom stereocenters. The van der Waals surface area contributed by atoms with E-state index in [1.807, 2.05) is 20.8 Å². The van der Waals surface area contributed by atoms with Gasteiger partial charge in [0.25, 0.3) is 0 Å². The van der Waals surface area contributed by atoms with E-state index in [2.05, 4.69) is 10.1 Å². The Balaban J connectivity index is 4.25. The Morgan fingerprint density at radius 2 is 1.80 bits per heavy atom. The third-order valence-electron chi connectivity index (χ3n) is 1.81. The number of carbonyl (C=O) groups excluding carboxylic acids is 2. The normalized spacial score (nSPS) is 14.1. The summed E-state index contributed by atoms with van der Waals surface area (Å²) in [7, 11) is 0. The lowest BCUT2D eigenvalue weighted by atomic mass is 10.3. The first-order valence-electron chi connectivity index (χ1n) is 6.03. The molecule has 20 heavy (non-hydrogen) atoms. The summed E-state index contributed by atoms with van der Waals surface area (Å²) < 4.78 is 9.09. The van der Waals surface area contributed by atoms with Gasteiger partial charge in [-0.2, -0.15) is 0 Å². The van der Waals surface area contributed by atoms with Gasteiger partial charge < -0.3 is 19.9 Å². The van der Waals surface area contributed by atoms with Crippen LogP contribution in [0, 0.1) is 0 Å². The Labute approximate surface area is 122 Å². The number of esters is 1. The molecule has 0 heterocycles. The molecule has 0 bridgehead atoms. The van der Waals surface area contributed by atoms with Gasteiger partial charge in [0.1, 0.15) is 5.25 Å². The topological polar surface area (TPSA) is 102 Å². The lowest BCUT2D eigenvalue weighted by Gasteiger charge is -2.23. The molecule has 2 atom stereocenters. The SMILES string of the molecule is CC(=O)O[C@@H](C)OC(=O)NC[C@H](SC(C)(C)C)C(=O)O. The lowest BCUT2D eigenvalue weighted by molar-refractivity contribution is -0.162. The summed E-state index contributed by atoms with van der Waals surface area (Å²) in [5.74, 6) is -1.59. The molecule has 0 spiro atoms. The summed E-state index contributed by atoms with van der Waals surface area (Å²) in [5, 5.41) is 10.6. The molecule has 0 rings (SSSR count). The average molecular weight is 307 g/mol. The Bertz CT molecular complexity index is 365. The quantitative estimate of drug-likeness (QED) is 0.567. The Morgan fingerprint density at radius 3 is 2.20 bits per heavy atom. The number of hydrogen-bond acceptors (Lipinski definition) is 6. The first kappa shape index (κ1) is 18.6. The maximum Gasteiger partial charge on any atom is 0.410 e. The average Bonchev–Trinajstić information content (AvgIpc) is 2.20. The van der Waals surface area contributed by atoms with E-state index < -0.39 is 29.6 Å². The van der Waals surface area contributed by atoms with Gasteiger partial charge in [-0.25, -0.2) is 4.79 Å². The molecular formula is C12H21NO6S. The van der Waals surface area contributed by atoms with Gasteiger partial charge in [0.05, 0.1) is 0 Å². The fraction of sp³-hybridized carbons (Fsp3) is 0.750. The molecule has 8 heteroatoms. The van der Waals surface area contributed by atoms with Crippen molar-refractivity contribution in [3.63, 3.8) is 0 Å². The van der Waals surface area contributed by atoms with Gasteiger partial charge in [0, 0.05) is 25.1 Å². The number of carboxylic acid groups (broad SMARTS) is 1. The third-order valence-corrected chi connectivity index (χ3v) is 3.17. The highest BCUT2D eigenvalue weighted by molar-refractivity contribution is 8.01. The van der Waals surface area contributed by atoms with Gasteiger partial charge in [-0.05, 0) is 0 Å². The zero-order valence-electron chi connectivity index (χ0n) is 12.3. The standard InChI is InChI=1S/C12H21NO6S/c1-7(14)18-8(2)19-11(17)13-6-9(10(15)16)20-12(3,4)5/h8-9H,6H2,1-5H3,(H,13,17)(H,15,16)/t8-,9+/m1/s1. The second-order valence-electron chi connectivity index (χ2n) is 5.02. The van der Waals surface area contributed by atoms with Crippen LogP contribution in [0.25, 0.3) is 0 Å². The maximum absolute atomic E-state index is 11.4. The summed E-state index contributed by atoms with van der Waals surface area (Å²) in [6, 6.07) is 0. The van der Waals surface area contributed by atoms with E-state index >= 15 is 0 Å². The number of hydrogen-bond donors (Lipinski definition) is 2. The maximum atomic E-state index is 11.4. The van der Waals surface area contributed by atoms with Crippen molar-refractivity contribution in [2.75, 3.05) is 6.54 Å². The number of ether oxygens (including phenoxy) is 2.